The van der Waals surface area contributed by atoms with Crippen molar-refractivity contribution in [3.05, 3.63) is 54.1 Å². The Morgan fingerprint density at radius 2 is 1.92 bits per heavy atom. The van der Waals surface area contributed by atoms with E-state index in [0.717, 1.165) is 25.1 Å². The molecule has 0 saturated carbocycles. The summed E-state index contributed by atoms with van der Waals surface area (Å²) in [6, 6.07) is 8.45. The van der Waals surface area contributed by atoms with E-state index in [-0.39, 0.29) is 24.0 Å². The minimum atomic E-state index is 0. The first-order valence-electron chi connectivity index (χ1n) is 8.35. The van der Waals surface area contributed by atoms with Crippen LogP contribution in [0.15, 0.2) is 48.0 Å². The van der Waals surface area contributed by atoms with Crippen LogP contribution in [0.1, 0.15) is 43.7 Å². The molecule has 132 valence electrons. The third kappa shape index (κ3) is 7.81. The van der Waals surface area contributed by atoms with Crippen LogP contribution in [-0.4, -0.2) is 22.1 Å². The van der Waals surface area contributed by atoms with Gasteiger partial charge in [0.25, 0.3) is 0 Å². The molecule has 2 aromatic rings. The summed E-state index contributed by atoms with van der Waals surface area (Å²) in [6.45, 7) is 4.56. The van der Waals surface area contributed by atoms with Crippen molar-refractivity contribution in [1.82, 2.24) is 14.9 Å². The summed E-state index contributed by atoms with van der Waals surface area (Å²) in [7, 11) is 0. The van der Waals surface area contributed by atoms with Crippen LogP contribution in [0.2, 0.25) is 0 Å². The van der Waals surface area contributed by atoms with E-state index in [1.807, 2.05) is 17.1 Å². The van der Waals surface area contributed by atoms with Gasteiger partial charge >= 0.3 is 0 Å². The summed E-state index contributed by atoms with van der Waals surface area (Å²) in [4.78, 5) is 8.44. The summed E-state index contributed by atoms with van der Waals surface area (Å²) in [6.07, 6.45) is 10.5. The van der Waals surface area contributed by atoms with Crippen molar-refractivity contribution in [1.29, 1.82) is 0 Å². The lowest BCUT2D eigenvalue weighted by Crippen LogP contribution is -2.32. The van der Waals surface area contributed by atoms with Gasteiger partial charge in [0.2, 0.25) is 0 Å². The predicted molar refractivity (Wildman–Crippen MR) is 111 cm³/mol. The highest BCUT2D eigenvalue weighted by Crippen LogP contribution is 2.07. The molecule has 5 nitrogen and oxygen atoms in total. The number of guanidine groups is 1. The number of hydrogen-bond donors (Lipinski definition) is 2. The number of halogens is 1. The molecule has 0 amide bonds. The first-order chi connectivity index (χ1) is 11.3. The molecule has 0 aliphatic rings. The molecule has 1 aromatic heterocycles. The quantitative estimate of drug-likeness (QED) is 0.271. The van der Waals surface area contributed by atoms with E-state index in [1.165, 1.54) is 24.8 Å². The van der Waals surface area contributed by atoms with E-state index in [4.69, 9.17) is 5.73 Å². The minimum Gasteiger partial charge on any atom is -0.370 e. The molecule has 3 N–H and O–H groups in total. The van der Waals surface area contributed by atoms with Crippen LogP contribution in [0.3, 0.4) is 0 Å². The number of benzene rings is 1. The van der Waals surface area contributed by atoms with Gasteiger partial charge in [0.1, 0.15) is 0 Å². The molecule has 0 bridgehead atoms. The Morgan fingerprint density at radius 3 is 2.58 bits per heavy atom. The van der Waals surface area contributed by atoms with Crippen LogP contribution in [-0.2, 0) is 13.1 Å². The Hall–Kier alpha value is -1.57. The fraction of sp³-hybridized carbons (Fsp3) is 0.444. The zero-order valence-corrected chi connectivity index (χ0v) is 16.6. The first-order valence-corrected chi connectivity index (χ1v) is 8.35. The van der Waals surface area contributed by atoms with Crippen molar-refractivity contribution < 1.29 is 0 Å². The maximum Gasteiger partial charge on any atom is 0.188 e. The Balaban J connectivity index is 0.00000288. The van der Waals surface area contributed by atoms with Gasteiger partial charge in [-0.3, -0.25) is 0 Å². The van der Waals surface area contributed by atoms with Gasteiger partial charge in [-0.1, -0.05) is 50.5 Å². The summed E-state index contributed by atoms with van der Waals surface area (Å²) in [5, 5.41) is 3.17. The maximum absolute atomic E-state index is 5.89. The van der Waals surface area contributed by atoms with E-state index in [9.17, 15) is 0 Å². The molecule has 0 saturated heterocycles. The van der Waals surface area contributed by atoms with E-state index in [0.29, 0.717) is 12.5 Å². The van der Waals surface area contributed by atoms with Crippen molar-refractivity contribution in [2.45, 2.75) is 45.7 Å². The van der Waals surface area contributed by atoms with Gasteiger partial charge in [-0.15, -0.1) is 24.0 Å². The highest BCUT2D eigenvalue weighted by atomic mass is 127. The minimum absolute atomic E-state index is 0. The topological polar surface area (TPSA) is 68.2 Å². The number of aromatic nitrogens is 2. The monoisotopic (exact) mass is 441 g/mol. The molecule has 0 unspecified atom stereocenters. The summed E-state index contributed by atoms with van der Waals surface area (Å²) in [5.41, 5.74) is 8.30. The second-order valence-electron chi connectivity index (χ2n) is 5.74. The average Bonchev–Trinajstić information content (AvgIpc) is 3.07. The van der Waals surface area contributed by atoms with Crippen LogP contribution in [0.25, 0.3) is 0 Å². The number of unbranched alkanes of at least 4 members (excludes halogenated alkanes) is 3. The Kier molecular flexibility index (Phi) is 10.1. The van der Waals surface area contributed by atoms with E-state index in [1.54, 1.807) is 6.20 Å². The van der Waals surface area contributed by atoms with Crippen LogP contribution in [0.5, 0.6) is 0 Å². The second kappa shape index (κ2) is 11.9. The Labute approximate surface area is 161 Å². The van der Waals surface area contributed by atoms with Gasteiger partial charge in [0.15, 0.2) is 5.96 Å². The molecule has 1 aromatic carbocycles. The van der Waals surface area contributed by atoms with Crippen LogP contribution in [0, 0.1) is 0 Å². The predicted octanol–water partition coefficient (Wildman–Crippen LogP) is 3.53. The number of aliphatic imine (C=N–C) groups is 1. The average molecular weight is 441 g/mol. The van der Waals surface area contributed by atoms with Gasteiger partial charge < -0.3 is 15.6 Å². The van der Waals surface area contributed by atoms with E-state index >= 15 is 0 Å². The number of nitrogens with zero attached hydrogens (tertiary/aromatic N) is 3. The van der Waals surface area contributed by atoms with Gasteiger partial charge in [0.05, 0.1) is 12.9 Å². The van der Waals surface area contributed by atoms with Gasteiger partial charge in [-0.2, -0.15) is 0 Å². The summed E-state index contributed by atoms with van der Waals surface area (Å²) >= 11 is 0. The van der Waals surface area contributed by atoms with Crippen LogP contribution >= 0.6 is 24.0 Å². The molecule has 0 aliphatic carbocycles. The molecule has 2 rings (SSSR count). The molecule has 0 fully saturated rings. The molecule has 0 radical (unpaired) electrons. The standard InChI is InChI=1S/C18H27N5.HI/c1-2-3-4-5-10-21-18(19)22-13-16-6-8-17(9-7-16)14-23-12-11-20-15-23;/h6-9,11-12,15H,2-5,10,13-14H2,1H3,(H3,19,21,22);1H. The van der Waals surface area contributed by atoms with E-state index in [2.05, 4.69) is 46.5 Å². The molecular weight excluding hydrogens is 413 g/mol. The zero-order valence-electron chi connectivity index (χ0n) is 14.3. The number of nitrogens with one attached hydrogen (secondary N) is 1. The fourth-order valence-electron chi connectivity index (χ4n) is 2.34. The van der Waals surface area contributed by atoms with E-state index < -0.39 is 0 Å². The van der Waals surface area contributed by atoms with Crippen LogP contribution < -0.4 is 11.1 Å². The second-order valence-corrected chi connectivity index (χ2v) is 5.74. The number of hydrogen-bond acceptors (Lipinski definition) is 2. The normalized spacial score (nSPS) is 11.1. The molecule has 1 heterocycles. The largest absolute Gasteiger partial charge is 0.370 e. The molecular formula is C18H28IN5. The highest BCUT2D eigenvalue weighted by molar-refractivity contribution is 14.0. The summed E-state index contributed by atoms with van der Waals surface area (Å²) in [5.74, 6) is 0.531. The summed E-state index contributed by atoms with van der Waals surface area (Å²) < 4.78 is 2.05. The smallest absolute Gasteiger partial charge is 0.188 e. The van der Waals surface area contributed by atoms with Crippen molar-refractivity contribution in [3.8, 4) is 0 Å². The molecule has 0 atom stereocenters. The lowest BCUT2D eigenvalue weighted by Gasteiger charge is -2.06. The van der Waals surface area contributed by atoms with Crippen molar-refractivity contribution in [3.63, 3.8) is 0 Å². The lowest BCUT2D eigenvalue weighted by atomic mass is 10.1. The zero-order chi connectivity index (χ0) is 16.3. The van der Waals surface area contributed by atoms with Gasteiger partial charge in [0, 0.05) is 25.5 Å². The number of nitrogens with two attached hydrogens (primary N) is 1. The molecule has 0 aliphatic heterocycles. The SMILES string of the molecule is CCCCCCNC(N)=NCc1ccc(Cn2ccnc2)cc1.I. The van der Waals surface area contributed by atoms with Crippen molar-refractivity contribution >= 4 is 29.9 Å². The third-order valence-electron chi connectivity index (χ3n) is 3.72. The van der Waals surface area contributed by atoms with Crippen molar-refractivity contribution in [2.24, 2.45) is 10.7 Å². The fourth-order valence-corrected chi connectivity index (χ4v) is 2.34. The Bertz CT molecular complexity index is 578. The highest BCUT2D eigenvalue weighted by Gasteiger charge is 1.97. The first kappa shape index (κ1) is 20.5. The number of imidazole rings is 1. The third-order valence-corrected chi connectivity index (χ3v) is 3.72. The van der Waals surface area contributed by atoms with Gasteiger partial charge in [-0.25, -0.2) is 9.98 Å². The van der Waals surface area contributed by atoms with Gasteiger partial charge in [-0.05, 0) is 17.5 Å². The maximum atomic E-state index is 5.89. The van der Waals surface area contributed by atoms with Crippen LogP contribution in [0.4, 0.5) is 0 Å². The molecule has 6 heteroatoms. The number of rotatable bonds is 9. The molecule has 24 heavy (non-hydrogen) atoms. The lowest BCUT2D eigenvalue weighted by molar-refractivity contribution is 0.652. The van der Waals surface area contributed by atoms with Crippen molar-refractivity contribution in [2.75, 3.05) is 6.54 Å². The molecule has 0 spiro atoms. The Morgan fingerprint density at radius 1 is 1.17 bits per heavy atom.